The van der Waals surface area contributed by atoms with Crippen LogP contribution >= 0.6 is 0 Å². The first-order valence-electron chi connectivity index (χ1n) is 14.5. The second-order valence-electron chi connectivity index (χ2n) is 11.4. The Morgan fingerprint density at radius 3 is 1.92 bits per heavy atom. The molecule has 1 aromatic rings. The molecule has 0 radical (unpaired) electrons. The SMILES string of the molecule is CC(C)(C)N1CCC(c2ccc(F)cc2F)C1.CCC(C)C=O.CCCCCC.CN1CCN(C=O)CC1. The number of nitrogens with zero attached hydrogens (tertiary/aromatic N) is 3. The Bertz CT molecular complexity index is 758. The highest BCUT2D eigenvalue weighted by molar-refractivity contribution is 5.52. The maximum Gasteiger partial charge on any atom is 0.209 e. The van der Waals surface area contributed by atoms with Crippen LogP contribution in [0.2, 0.25) is 0 Å². The van der Waals surface area contributed by atoms with Gasteiger partial charge < -0.3 is 14.6 Å². The highest BCUT2D eigenvalue weighted by Gasteiger charge is 2.32. The zero-order valence-corrected chi connectivity index (χ0v) is 25.4. The van der Waals surface area contributed by atoms with Crippen molar-refractivity contribution in [2.24, 2.45) is 5.92 Å². The minimum atomic E-state index is -0.503. The average molecular weight is 540 g/mol. The van der Waals surface area contributed by atoms with Gasteiger partial charge in [0.2, 0.25) is 6.41 Å². The number of benzene rings is 1. The summed E-state index contributed by atoms with van der Waals surface area (Å²) in [4.78, 5) is 26.3. The van der Waals surface area contributed by atoms with Crippen LogP contribution in [-0.2, 0) is 9.59 Å². The van der Waals surface area contributed by atoms with Gasteiger partial charge in [-0.25, -0.2) is 8.78 Å². The van der Waals surface area contributed by atoms with E-state index in [0.29, 0.717) is 5.56 Å². The number of likely N-dealkylation sites (tertiary alicyclic amines) is 1. The summed E-state index contributed by atoms with van der Waals surface area (Å²) in [5, 5.41) is 0. The summed E-state index contributed by atoms with van der Waals surface area (Å²) in [5.41, 5.74) is 0.767. The van der Waals surface area contributed by atoms with Gasteiger partial charge in [-0.1, -0.05) is 59.4 Å². The lowest BCUT2D eigenvalue weighted by Crippen LogP contribution is -2.43. The molecule has 2 aliphatic rings. The van der Waals surface area contributed by atoms with Gasteiger partial charge in [-0.3, -0.25) is 9.69 Å². The molecule has 2 heterocycles. The molecule has 1 aromatic carbocycles. The van der Waals surface area contributed by atoms with Gasteiger partial charge in [0.15, 0.2) is 0 Å². The first-order valence-corrected chi connectivity index (χ1v) is 14.5. The van der Waals surface area contributed by atoms with Gasteiger partial charge in [-0.15, -0.1) is 0 Å². The van der Waals surface area contributed by atoms with E-state index in [1.165, 1.54) is 31.7 Å². The second kappa shape index (κ2) is 20.1. The monoisotopic (exact) mass is 539 g/mol. The number of hydrogen-bond donors (Lipinski definition) is 0. The van der Waals surface area contributed by atoms with Crippen LogP contribution in [-0.4, -0.2) is 79.3 Å². The molecule has 0 N–H and O–H groups in total. The zero-order valence-electron chi connectivity index (χ0n) is 25.4. The smallest absolute Gasteiger partial charge is 0.209 e. The second-order valence-corrected chi connectivity index (χ2v) is 11.4. The number of carbonyl (C=O) groups is 2. The van der Waals surface area contributed by atoms with Crippen LogP contribution in [0.4, 0.5) is 8.78 Å². The van der Waals surface area contributed by atoms with E-state index in [-0.39, 0.29) is 17.4 Å². The fourth-order valence-electron chi connectivity index (χ4n) is 3.98. The number of likely N-dealkylation sites (N-methyl/N-ethyl adjacent to an activating group) is 1. The normalized spacial score (nSPS) is 18.7. The molecule has 3 rings (SSSR count). The molecule has 2 unspecified atom stereocenters. The number of piperazine rings is 1. The highest BCUT2D eigenvalue weighted by Crippen LogP contribution is 2.32. The Morgan fingerprint density at radius 2 is 1.55 bits per heavy atom. The van der Waals surface area contributed by atoms with Crippen molar-refractivity contribution >= 4 is 12.7 Å². The molecular weight excluding hydrogens is 484 g/mol. The van der Waals surface area contributed by atoms with Crippen molar-refractivity contribution < 1.29 is 18.4 Å². The minimum absolute atomic E-state index is 0.116. The van der Waals surface area contributed by atoms with E-state index in [1.54, 1.807) is 11.0 Å². The van der Waals surface area contributed by atoms with Crippen molar-refractivity contribution in [3.63, 3.8) is 0 Å². The Morgan fingerprint density at radius 1 is 0.974 bits per heavy atom. The van der Waals surface area contributed by atoms with Crippen LogP contribution in [0.25, 0.3) is 0 Å². The summed E-state index contributed by atoms with van der Waals surface area (Å²) in [7, 11) is 2.07. The lowest BCUT2D eigenvalue weighted by atomic mass is 9.97. The number of halogens is 2. The summed E-state index contributed by atoms with van der Waals surface area (Å²) >= 11 is 0. The number of carbonyl (C=O) groups excluding carboxylic acids is 2. The molecule has 0 saturated carbocycles. The van der Waals surface area contributed by atoms with Crippen molar-refractivity contribution in [1.82, 2.24) is 14.7 Å². The molecular formula is C31H55F2N3O2. The molecule has 0 bridgehead atoms. The van der Waals surface area contributed by atoms with Crippen LogP contribution < -0.4 is 0 Å². The van der Waals surface area contributed by atoms with Gasteiger partial charge in [0.1, 0.15) is 17.9 Å². The number of rotatable bonds is 7. The van der Waals surface area contributed by atoms with Crippen molar-refractivity contribution in [2.75, 3.05) is 46.3 Å². The lowest BCUT2D eigenvalue weighted by molar-refractivity contribution is -0.119. The van der Waals surface area contributed by atoms with Gasteiger partial charge in [-0.05, 0) is 58.8 Å². The summed E-state index contributed by atoms with van der Waals surface area (Å²) in [6, 6.07) is 3.91. The molecule has 0 aliphatic carbocycles. The van der Waals surface area contributed by atoms with E-state index in [0.717, 1.165) is 70.9 Å². The van der Waals surface area contributed by atoms with Gasteiger partial charge in [0, 0.05) is 56.2 Å². The number of unbranched alkanes of at least 4 members (excludes halogenated alkanes) is 3. The van der Waals surface area contributed by atoms with Crippen molar-refractivity contribution in [1.29, 1.82) is 0 Å². The molecule has 0 aromatic heterocycles. The van der Waals surface area contributed by atoms with Crippen LogP contribution in [0.5, 0.6) is 0 Å². The molecule has 1 amide bonds. The zero-order chi connectivity index (χ0) is 29.1. The number of aldehydes is 1. The summed E-state index contributed by atoms with van der Waals surface area (Å²) in [6.07, 6.45) is 9.34. The Hall–Kier alpha value is -1.86. The highest BCUT2D eigenvalue weighted by atomic mass is 19.1. The molecule has 0 spiro atoms. The van der Waals surface area contributed by atoms with E-state index >= 15 is 0 Å². The van der Waals surface area contributed by atoms with Gasteiger partial charge in [-0.2, -0.15) is 0 Å². The molecule has 38 heavy (non-hydrogen) atoms. The van der Waals surface area contributed by atoms with E-state index in [2.05, 4.69) is 51.5 Å². The number of hydrogen-bond acceptors (Lipinski definition) is 4. The van der Waals surface area contributed by atoms with Crippen molar-refractivity contribution in [3.05, 3.63) is 35.4 Å². The Labute approximate surface area is 231 Å². The van der Waals surface area contributed by atoms with E-state index in [1.807, 2.05) is 13.8 Å². The van der Waals surface area contributed by atoms with Crippen LogP contribution in [0.15, 0.2) is 18.2 Å². The predicted molar refractivity (Wildman–Crippen MR) is 156 cm³/mol. The van der Waals surface area contributed by atoms with Crippen molar-refractivity contribution in [3.8, 4) is 0 Å². The lowest BCUT2D eigenvalue weighted by Gasteiger charge is -2.31. The minimum Gasteiger partial charge on any atom is -0.343 e. The topological polar surface area (TPSA) is 43.9 Å². The Balaban J connectivity index is 0.000000548. The first-order chi connectivity index (χ1) is 17.9. The third-order valence-corrected chi connectivity index (χ3v) is 7.06. The maximum atomic E-state index is 13.7. The fraction of sp³-hybridized carbons (Fsp3) is 0.742. The summed E-state index contributed by atoms with van der Waals surface area (Å²) < 4.78 is 26.5. The summed E-state index contributed by atoms with van der Waals surface area (Å²) in [6.45, 7) is 20.5. The van der Waals surface area contributed by atoms with E-state index < -0.39 is 11.6 Å². The molecule has 220 valence electrons. The van der Waals surface area contributed by atoms with Crippen LogP contribution in [0.3, 0.4) is 0 Å². The molecule has 5 nitrogen and oxygen atoms in total. The maximum absolute atomic E-state index is 13.7. The molecule has 7 heteroatoms. The summed E-state index contributed by atoms with van der Waals surface area (Å²) in [5.74, 6) is -0.470. The molecule has 2 saturated heterocycles. The van der Waals surface area contributed by atoms with Gasteiger partial charge >= 0.3 is 0 Å². The number of amides is 1. The third kappa shape index (κ3) is 15.5. The van der Waals surface area contributed by atoms with Crippen LogP contribution in [0.1, 0.15) is 98.5 Å². The van der Waals surface area contributed by atoms with Crippen molar-refractivity contribution in [2.45, 2.75) is 98.4 Å². The van der Waals surface area contributed by atoms with Gasteiger partial charge in [0.05, 0.1) is 0 Å². The third-order valence-electron chi connectivity index (χ3n) is 7.06. The molecule has 2 aliphatic heterocycles. The molecule has 2 fully saturated rings. The predicted octanol–water partition coefficient (Wildman–Crippen LogP) is 6.76. The standard InChI is InChI=1S/C14H19F2N.C6H12N2O.C6H14.C5H10O/c1-14(2,3)17-7-6-10(9-17)12-5-4-11(15)8-13(12)16;1-7-2-4-8(6-9)5-3-7;1-3-5-6-4-2;1-3-5(2)4-6/h4-5,8,10H,6-7,9H2,1-3H3;6H,2-5H2,1H3;3-6H2,1-2H3;4-5H,3H2,1-2H3. The quantitative estimate of drug-likeness (QED) is 0.284. The average Bonchev–Trinajstić information content (AvgIpc) is 3.39. The van der Waals surface area contributed by atoms with E-state index in [4.69, 9.17) is 0 Å². The molecule has 2 atom stereocenters. The van der Waals surface area contributed by atoms with Gasteiger partial charge in [0.25, 0.3) is 0 Å². The fourth-order valence-corrected chi connectivity index (χ4v) is 3.98. The first kappa shape index (κ1) is 36.1. The largest absolute Gasteiger partial charge is 0.343 e. The Kier molecular flexibility index (Phi) is 19.1. The van der Waals surface area contributed by atoms with Crippen LogP contribution in [0, 0.1) is 17.6 Å². The van der Waals surface area contributed by atoms with E-state index in [9.17, 15) is 18.4 Å².